The van der Waals surface area contributed by atoms with E-state index < -0.39 is 0 Å². The van der Waals surface area contributed by atoms with Gasteiger partial charge in [-0.2, -0.15) is 0 Å². The molecule has 0 bridgehead atoms. The molecule has 0 spiro atoms. The number of benzene rings is 2. The minimum atomic E-state index is -0.351. The van der Waals surface area contributed by atoms with Gasteiger partial charge < -0.3 is 9.64 Å². The van der Waals surface area contributed by atoms with Gasteiger partial charge in [0.25, 0.3) is 0 Å². The average molecular weight is 439 g/mol. The molecule has 3 aromatic rings. The largest absolute Gasteiger partial charge is 0.458 e. The molecule has 0 aliphatic heterocycles. The molecular weight excluding hydrogens is 411 g/mol. The number of hydrogen-bond acceptors (Lipinski definition) is 5. The molecule has 0 radical (unpaired) electrons. The maximum atomic E-state index is 13.8. The van der Waals surface area contributed by atoms with Crippen molar-refractivity contribution in [2.24, 2.45) is 5.92 Å². The summed E-state index contributed by atoms with van der Waals surface area (Å²) in [6.45, 7) is 0. The van der Waals surface area contributed by atoms with Crippen molar-refractivity contribution in [2.45, 2.75) is 37.8 Å². The molecule has 1 saturated carbocycles. The first-order valence-electron chi connectivity index (χ1n) is 10.6. The van der Waals surface area contributed by atoms with Gasteiger partial charge in [-0.05, 0) is 63.4 Å². The lowest BCUT2D eigenvalue weighted by Gasteiger charge is -2.37. The molecule has 0 saturated heterocycles. The number of carbonyl (C=O) groups is 1. The molecule has 31 heavy (non-hydrogen) atoms. The second-order valence-electron chi connectivity index (χ2n) is 8.31. The van der Waals surface area contributed by atoms with E-state index in [2.05, 4.69) is 9.88 Å². The fraction of sp³-hybridized carbons (Fsp3) is 0.360. The van der Waals surface area contributed by atoms with Crippen molar-refractivity contribution >= 4 is 17.3 Å². The third-order valence-electron chi connectivity index (χ3n) is 5.92. The summed E-state index contributed by atoms with van der Waals surface area (Å²) in [5.41, 5.74) is 2.37. The van der Waals surface area contributed by atoms with Crippen molar-refractivity contribution in [3.8, 4) is 10.6 Å². The van der Waals surface area contributed by atoms with Crippen LogP contribution in [-0.4, -0.2) is 36.1 Å². The molecule has 1 unspecified atom stereocenters. The molecule has 4 nitrogen and oxygen atoms in total. The number of hydrogen-bond donors (Lipinski definition) is 0. The summed E-state index contributed by atoms with van der Waals surface area (Å²) in [4.78, 5) is 19.2. The smallest absolute Gasteiger partial charge is 0.358 e. The van der Waals surface area contributed by atoms with E-state index in [9.17, 15) is 9.18 Å². The first-order chi connectivity index (χ1) is 15.0. The van der Waals surface area contributed by atoms with Crippen molar-refractivity contribution < 1.29 is 13.9 Å². The summed E-state index contributed by atoms with van der Waals surface area (Å²) in [5, 5.41) is 2.59. The Balaban J connectivity index is 1.35. The van der Waals surface area contributed by atoms with E-state index in [4.69, 9.17) is 4.74 Å². The number of esters is 1. The Morgan fingerprint density at radius 3 is 2.52 bits per heavy atom. The Morgan fingerprint density at radius 2 is 1.84 bits per heavy atom. The van der Waals surface area contributed by atoms with E-state index in [0.717, 1.165) is 41.8 Å². The molecule has 1 heterocycles. The van der Waals surface area contributed by atoms with Gasteiger partial charge in [-0.1, -0.05) is 42.5 Å². The molecule has 2 aromatic carbocycles. The summed E-state index contributed by atoms with van der Waals surface area (Å²) in [6, 6.07) is 16.9. The Hall–Kier alpha value is -2.57. The van der Waals surface area contributed by atoms with Crippen LogP contribution >= 0.6 is 11.3 Å². The van der Waals surface area contributed by atoms with E-state index in [1.54, 1.807) is 17.5 Å². The van der Waals surface area contributed by atoms with Crippen LogP contribution in [0.4, 0.5) is 4.39 Å². The SMILES string of the molecule is CN(C)C(c1cccc(F)c1)C1CCC(OC(=O)c2csc(-c3ccccc3)n2)CC1. The molecule has 1 aliphatic carbocycles. The Bertz CT molecular complexity index is 1010. The van der Waals surface area contributed by atoms with Gasteiger partial charge in [0.05, 0.1) is 0 Å². The number of ether oxygens (including phenoxy) is 1. The van der Waals surface area contributed by atoms with Crippen molar-refractivity contribution in [1.82, 2.24) is 9.88 Å². The molecule has 1 aliphatic rings. The van der Waals surface area contributed by atoms with Gasteiger partial charge in [0, 0.05) is 17.0 Å². The number of aromatic nitrogens is 1. The van der Waals surface area contributed by atoms with Crippen LogP contribution in [0.15, 0.2) is 60.0 Å². The van der Waals surface area contributed by atoms with Gasteiger partial charge in [-0.15, -0.1) is 11.3 Å². The molecule has 162 valence electrons. The van der Waals surface area contributed by atoms with E-state index in [1.807, 2.05) is 50.5 Å². The van der Waals surface area contributed by atoms with Crippen LogP contribution in [0.3, 0.4) is 0 Å². The summed E-state index contributed by atoms with van der Waals surface area (Å²) in [7, 11) is 4.07. The lowest BCUT2D eigenvalue weighted by molar-refractivity contribution is 0.0107. The highest BCUT2D eigenvalue weighted by atomic mass is 32.1. The van der Waals surface area contributed by atoms with Crippen LogP contribution in [-0.2, 0) is 4.74 Å². The standard InChI is InChI=1S/C25H27FN2O2S/c1-28(2)23(19-9-6-10-20(26)15-19)17-11-13-21(14-12-17)30-25(29)22-16-31-24(27-22)18-7-4-3-5-8-18/h3-10,15-17,21,23H,11-14H2,1-2H3. The van der Waals surface area contributed by atoms with Crippen LogP contribution in [0.2, 0.25) is 0 Å². The van der Waals surface area contributed by atoms with Crippen LogP contribution in [0.1, 0.15) is 47.8 Å². The van der Waals surface area contributed by atoms with Crippen LogP contribution < -0.4 is 0 Å². The van der Waals surface area contributed by atoms with Crippen LogP contribution in [0.25, 0.3) is 10.6 Å². The molecular formula is C25H27FN2O2S. The predicted molar refractivity (Wildman–Crippen MR) is 122 cm³/mol. The highest BCUT2D eigenvalue weighted by molar-refractivity contribution is 7.13. The zero-order chi connectivity index (χ0) is 21.8. The fourth-order valence-electron chi connectivity index (χ4n) is 4.50. The second kappa shape index (κ2) is 9.71. The predicted octanol–water partition coefficient (Wildman–Crippen LogP) is 5.97. The monoisotopic (exact) mass is 438 g/mol. The van der Waals surface area contributed by atoms with Gasteiger partial charge >= 0.3 is 5.97 Å². The summed E-state index contributed by atoms with van der Waals surface area (Å²) in [5.74, 6) is -0.156. The minimum Gasteiger partial charge on any atom is -0.458 e. The Labute approximate surface area is 186 Å². The maximum Gasteiger partial charge on any atom is 0.358 e. The zero-order valence-corrected chi connectivity index (χ0v) is 18.6. The number of carbonyl (C=O) groups excluding carboxylic acids is 1. The third-order valence-corrected chi connectivity index (χ3v) is 6.81. The molecule has 0 N–H and O–H groups in total. The Kier molecular flexibility index (Phi) is 6.78. The van der Waals surface area contributed by atoms with Crippen molar-refractivity contribution in [2.75, 3.05) is 14.1 Å². The van der Waals surface area contributed by atoms with Gasteiger partial charge in [-0.3, -0.25) is 0 Å². The van der Waals surface area contributed by atoms with E-state index in [-0.39, 0.29) is 23.9 Å². The lowest BCUT2D eigenvalue weighted by Crippen LogP contribution is -2.33. The number of halogens is 1. The molecule has 6 heteroatoms. The minimum absolute atomic E-state index is 0.0963. The molecule has 0 amide bonds. The number of rotatable bonds is 6. The number of nitrogens with zero attached hydrogens (tertiary/aromatic N) is 2. The Morgan fingerprint density at radius 1 is 1.10 bits per heavy atom. The van der Waals surface area contributed by atoms with Gasteiger partial charge in [0.1, 0.15) is 16.9 Å². The molecule has 1 aromatic heterocycles. The van der Waals surface area contributed by atoms with Crippen molar-refractivity contribution in [3.63, 3.8) is 0 Å². The summed E-state index contributed by atoms with van der Waals surface area (Å²) in [6.07, 6.45) is 3.39. The fourth-order valence-corrected chi connectivity index (χ4v) is 5.29. The number of thiazole rings is 1. The molecule has 1 fully saturated rings. The van der Waals surface area contributed by atoms with E-state index >= 15 is 0 Å². The second-order valence-corrected chi connectivity index (χ2v) is 9.17. The van der Waals surface area contributed by atoms with Crippen LogP contribution in [0, 0.1) is 11.7 Å². The van der Waals surface area contributed by atoms with Crippen LogP contribution in [0.5, 0.6) is 0 Å². The summed E-state index contributed by atoms with van der Waals surface area (Å²) >= 11 is 1.45. The van der Waals surface area contributed by atoms with Crippen molar-refractivity contribution in [3.05, 3.63) is 77.1 Å². The summed E-state index contributed by atoms with van der Waals surface area (Å²) < 4.78 is 19.5. The zero-order valence-electron chi connectivity index (χ0n) is 17.8. The van der Waals surface area contributed by atoms with Gasteiger partial charge in [0.2, 0.25) is 0 Å². The molecule has 1 atom stereocenters. The first-order valence-corrected chi connectivity index (χ1v) is 11.5. The third kappa shape index (κ3) is 5.20. The van der Waals surface area contributed by atoms with Gasteiger partial charge in [-0.25, -0.2) is 14.2 Å². The average Bonchev–Trinajstić information content (AvgIpc) is 3.26. The highest BCUT2D eigenvalue weighted by Crippen LogP contribution is 2.38. The van der Waals surface area contributed by atoms with E-state index in [0.29, 0.717) is 11.6 Å². The first kappa shape index (κ1) is 21.7. The molecule has 4 rings (SSSR count). The van der Waals surface area contributed by atoms with E-state index in [1.165, 1.54) is 17.4 Å². The maximum absolute atomic E-state index is 13.8. The lowest BCUT2D eigenvalue weighted by atomic mass is 9.79. The van der Waals surface area contributed by atoms with Crippen molar-refractivity contribution in [1.29, 1.82) is 0 Å². The van der Waals surface area contributed by atoms with Gasteiger partial charge in [0.15, 0.2) is 5.69 Å². The quantitative estimate of drug-likeness (QED) is 0.445. The normalized spacial score (nSPS) is 19.9. The highest BCUT2D eigenvalue weighted by Gasteiger charge is 2.32. The topological polar surface area (TPSA) is 42.4 Å².